The molecule has 3 rings (SSSR count). The molecule has 0 unspecified atom stereocenters. The highest BCUT2D eigenvalue weighted by atomic mass is 35.5. The van der Waals surface area contributed by atoms with E-state index in [0.29, 0.717) is 22.4 Å². The first kappa shape index (κ1) is 14.3. The van der Waals surface area contributed by atoms with Gasteiger partial charge in [0.2, 0.25) is 0 Å². The molecule has 110 valence electrons. The average molecular weight is 297 g/mol. The minimum atomic E-state index is -0.778. The summed E-state index contributed by atoms with van der Waals surface area (Å²) in [7, 11) is 0. The van der Waals surface area contributed by atoms with Crippen LogP contribution >= 0.6 is 11.6 Å². The fraction of sp³-hybridized carbons (Fsp3) is 0.647. The molecule has 2 saturated carbocycles. The molecule has 3 heteroatoms. The van der Waals surface area contributed by atoms with E-state index in [2.05, 4.69) is 0 Å². The molecule has 0 aliphatic heterocycles. The molecule has 2 aliphatic rings. The summed E-state index contributed by atoms with van der Waals surface area (Å²) in [5, 5.41) is 11.2. The van der Waals surface area contributed by atoms with Crippen LogP contribution in [-0.2, 0) is 6.42 Å². The van der Waals surface area contributed by atoms with Crippen molar-refractivity contribution >= 4 is 11.6 Å². The minimum Gasteiger partial charge on any atom is -0.390 e. The van der Waals surface area contributed by atoms with Crippen molar-refractivity contribution in [2.75, 3.05) is 0 Å². The lowest BCUT2D eigenvalue weighted by Crippen LogP contribution is -2.40. The monoisotopic (exact) mass is 296 g/mol. The van der Waals surface area contributed by atoms with E-state index in [1.54, 1.807) is 12.1 Å². The Bertz CT molecular complexity index is 464. The molecule has 1 N–H and O–H groups in total. The van der Waals surface area contributed by atoms with Gasteiger partial charge in [-0.2, -0.15) is 0 Å². The van der Waals surface area contributed by atoms with E-state index in [1.165, 1.54) is 31.7 Å². The van der Waals surface area contributed by atoms with E-state index in [9.17, 15) is 9.50 Å². The van der Waals surface area contributed by atoms with Crippen LogP contribution in [0.15, 0.2) is 18.2 Å². The van der Waals surface area contributed by atoms with Gasteiger partial charge in [-0.15, -0.1) is 0 Å². The molecule has 20 heavy (non-hydrogen) atoms. The van der Waals surface area contributed by atoms with Gasteiger partial charge < -0.3 is 5.11 Å². The fourth-order valence-electron chi connectivity index (χ4n) is 4.08. The Morgan fingerprint density at radius 3 is 2.30 bits per heavy atom. The summed E-state index contributed by atoms with van der Waals surface area (Å²) in [6, 6.07) is 4.73. The summed E-state index contributed by atoms with van der Waals surface area (Å²) in [6.45, 7) is 0. The summed E-state index contributed by atoms with van der Waals surface area (Å²) in [4.78, 5) is 0. The van der Waals surface area contributed by atoms with Gasteiger partial charge in [0.1, 0.15) is 5.82 Å². The van der Waals surface area contributed by atoms with Crippen molar-refractivity contribution in [3.8, 4) is 0 Å². The molecule has 2 fully saturated rings. The highest BCUT2D eigenvalue weighted by Crippen LogP contribution is 2.51. The largest absolute Gasteiger partial charge is 0.390 e. The molecule has 1 spiro atoms. The molecule has 1 nitrogen and oxygen atoms in total. The third-order valence-corrected chi connectivity index (χ3v) is 5.83. The maximum absolute atomic E-state index is 13.9. The average Bonchev–Trinajstić information content (AvgIpc) is 2.88. The molecule has 2 aliphatic carbocycles. The second-order valence-corrected chi connectivity index (χ2v) is 7.22. The third-order valence-electron chi connectivity index (χ3n) is 5.47. The molecule has 0 atom stereocenters. The molecule has 0 heterocycles. The van der Waals surface area contributed by atoms with Crippen LogP contribution in [0.2, 0.25) is 5.02 Å². The highest BCUT2D eigenvalue weighted by molar-refractivity contribution is 6.31. The maximum atomic E-state index is 13.9. The lowest BCUT2D eigenvalue weighted by Gasteiger charge is -2.42. The first-order valence-electron chi connectivity index (χ1n) is 7.67. The van der Waals surface area contributed by atoms with Crippen LogP contribution in [0.5, 0.6) is 0 Å². The Balaban J connectivity index is 1.72. The van der Waals surface area contributed by atoms with Gasteiger partial charge in [-0.3, -0.25) is 0 Å². The van der Waals surface area contributed by atoms with Gasteiger partial charge in [0.15, 0.2) is 0 Å². The first-order valence-corrected chi connectivity index (χ1v) is 8.05. The van der Waals surface area contributed by atoms with Crippen molar-refractivity contribution in [3.63, 3.8) is 0 Å². The lowest BCUT2D eigenvalue weighted by atomic mass is 9.66. The fourth-order valence-corrected chi connectivity index (χ4v) is 4.31. The summed E-state index contributed by atoms with van der Waals surface area (Å²) in [6.07, 6.45) is 9.33. The second-order valence-electron chi connectivity index (χ2n) is 6.81. The summed E-state index contributed by atoms with van der Waals surface area (Å²) in [5.74, 6) is -0.299. The van der Waals surface area contributed by atoms with Gasteiger partial charge in [-0.05, 0) is 56.1 Å². The van der Waals surface area contributed by atoms with Gasteiger partial charge >= 0.3 is 0 Å². The quantitative estimate of drug-likeness (QED) is 0.824. The zero-order chi connectivity index (χ0) is 14.2. The molecule has 0 saturated heterocycles. The van der Waals surface area contributed by atoms with Gasteiger partial charge in [0, 0.05) is 17.0 Å². The van der Waals surface area contributed by atoms with E-state index in [4.69, 9.17) is 11.6 Å². The van der Waals surface area contributed by atoms with Crippen LogP contribution < -0.4 is 0 Å². The number of rotatable bonds is 2. The topological polar surface area (TPSA) is 20.2 Å². The number of halogens is 2. The van der Waals surface area contributed by atoms with Gasteiger partial charge in [-0.25, -0.2) is 4.39 Å². The summed E-state index contributed by atoms with van der Waals surface area (Å²) >= 11 is 6.08. The Labute approximate surface area is 125 Å². The van der Waals surface area contributed by atoms with Crippen LogP contribution in [0.1, 0.15) is 56.9 Å². The molecular formula is C17H22ClFO. The minimum absolute atomic E-state index is 0.299. The second kappa shape index (κ2) is 5.31. The van der Waals surface area contributed by atoms with Crippen LogP contribution in [0, 0.1) is 11.2 Å². The zero-order valence-corrected chi connectivity index (χ0v) is 12.6. The number of benzene rings is 1. The van der Waals surface area contributed by atoms with Crippen molar-refractivity contribution < 1.29 is 9.50 Å². The Morgan fingerprint density at radius 2 is 1.70 bits per heavy atom. The van der Waals surface area contributed by atoms with Gasteiger partial charge in [0.05, 0.1) is 5.60 Å². The van der Waals surface area contributed by atoms with E-state index < -0.39 is 5.60 Å². The van der Waals surface area contributed by atoms with Crippen LogP contribution in [0.25, 0.3) is 0 Å². The number of aliphatic hydroxyl groups is 1. The SMILES string of the molecule is OC1(Cc2c(F)cccc2Cl)CCC2(CCCC2)CC1. The smallest absolute Gasteiger partial charge is 0.127 e. The third kappa shape index (κ3) is 2.73. The normalized spacial score (nSPS) is 24.1. The summed E-state index contributed by atoms with van der Waals surface area (Å²) < 4.78 is 13.9. The van der Waals surface area contributed by atoms with Gasteiger partial charge in [-0.1, -0.05) is 30.5 Å². The van der Waals surface area contributed by atoms with Crippen molar-refractivity contribution in [3.05, 3.63) is 34.6 Å². The van der Waals surface area contributed by atoms with Crippen molar-refractivity contribution in [2.45, 2.75) is 63.4 Å². The Kier molecular flexibility index (Phi) is 3.81. The van der Waals surface area contributed by atoms with E-state index in [-0.39, 0.29) is 5.82 Å². The van der Waals surface area contributed by atoms with E-state index in [0.717, 1.165) is 25.7 Å². The van der Waals surface area contributed by atoms with Crippen molar-refractivity contribution in [1.82, 2.24) is 0 Å². The first-order chi connectivity index (χ1) is 9.52. The molecule has 0 bridgehead atoms. The predicted molar refractivity (Wildman–Crippen MR) is 79.4 cm³/mol. The predicted octanol–water partition coefficient (Wildman–Crippen LogP) is 4.89. The number of hydrogen-bond acceptors (Lipinski definition) is 1. The summed E-state index contributed by atoms with van der Waals surface area (Å²) in [5.41, 5.74) is 0.171. The van der Waals surface area contributed by atoms with Crippen LogP contribution in [0.3, 0.4) is 0 Å². The van der Waals surface area contributed by atoms with Crippen molar-refractivity contribution in [2.24, 2.45) is 5.41 Å². The lowest BCUT2D eigenvalue weighted by molar-refractivity contribution is -0.0327. The molecular weight excluding hydrogens is 275 g/mol. The van der Waals surface area contributed by atoms with Gasteiger partial charge in [0.25, 0.3) is 0 Å². The molecule has 1 aromatic carbocycles. The number of hydrogen-bond donors (Lipinski definition) is 1. The van der Waals surface area contributed by atoms with E-state index >= 15 is 0 Å². The standard InChI is InChI=1S/C17H22ClFO/c18-14-4-3-5-15(19)13(14)12-17(20)10-8-16(9-11-17)6-1-2-7-16/h3-5,20H,1-2,6-12H2. The molecule has 0 radical (unpaired) electrons. The van der Waals surface area contributed by atoms with Crippen molar-refractivity contribution in [1.29, 1.82) is 0 Å². The zero-order valence-electron chi connectivity index (χ0n) is 11.8. The maximum Gasteiger partial charge on any atom is 0.127 e. The molecule has 1 aromatic rings. The highest BCUT2D eigenvalue weighted by Gasteiger charge is 2.43. The van der Waals surface area contributed by atoms with Crippen LogP contribution in [0.4, 0.5) is 4.39 Å². The van der Waals surface area contributed by atoms with E-state index in [1.807, 2.05) is 0 Å². The molecule has 0 aromatic heterocycles. The van der Waals surface area contributed by atoms with Crippen LogP contribution in [-0.4, -0.2) is 10.7 Å². The Morgan fingerprint density at radius 1 is 1.05 bits per heavy atom. The Hall–Kier alpha value is -0.600. The molecule has 0 amide bonds.